The minimum absolute atomic E-state index is 0.142. The summed E-state index contributed by atoms with van der Waals surface area (Å²) in [5.41, 5.74) is -1.68. The van der Waals surface area contributed by atoms with Crippen LogP contribution in [0.1, 0.15) is 28.8 Å². The number of fused-ring (bicyclic) bond motifs is 2. The lowest BCUT2D eigenvalue weighted by Gasteiger charge is -2.31. The molecule has 11 heteroatoms. The molecular formula is C19H15ClF3N3O3S. The zero-order chi connectivity index (χ0) is 21.7. The third-order valence-electron chi connectivity index (χ3n) is 5.19. The standard InChI is InChI=1S/C19H15ClF3N3O3S/c20-13-4-3-10(8-12(13)19(21,22)23)24-15(27)9-26-16(28)18(25-17(26)29)6-1-2-14-11(18)5-7-30-14/h3-5,7-8H,1-2,6,9H2,(H,24,27)(H,25,29)/t18-/m1/s1. The smallest absolute Gasteiger partial charge is 0.325 e. The van der Waals surface area contributed by atoms with Crippen LogP contribution >= 0.6 is 22.9 Å². The molecule has 30 heavy (non-hydrogen) atoms. The summed E-state index contributed by atoms with van der Waals surface area (Å²) in [6.45, 7) is -0.615. The number of aryl methyl sites for hydroxylation is 1. The number of urea groups is 1. The lowest BCUT2D eigenvalue weighted by molar-refractivity contribution is -0.137. The number of benzene rings is 1. The Balaban J connectivity index is 1.51. The highest BCUT2D eigenvalue weighted by atomic mass is 35.5. The number of nitrogens with one attached hydrogen (secondary N) is 2. The number of imide groups is 1. The van der Waals surface area contributed by atoms with Crippen molar-refractivity contribution in [2.24, 2.45) is 0 Å². The third kappa shape index (κ3) is 3.43. The SMILES string of the molecule is O=C(CN1C(=O)N[C@@]2(CCCc3sccc32)C1=O)Nc1ccc(Cl)c(C(F)(F)F)c1. The highest BCUT2D eigenvalue weighted by Crippen LogP contribution is 2.42. The van der Waals surface area contributed by atoms with Crippen molar-refractivity contribution >= 4 is 46.5 Å². The highest BCUT2D eigenvalue weighted by molar-refractivity contribution is 7.10. The zero-order valence-electron chi connectivity index (χ0n) is 15.3. The van der Waals surface area contributed by atoms with Crippen LogP contribution in [0.25, 0.3) is 0 Å². The predicted octanol–water partition coefficient (Wildman–Crippen LogP) is 4.14. The van der Waals surface area contributed by atoms with E-state index in [-0.39, 0.29) is 5.69 Å². The van der Waals surface area contributed by atoms with Crippen molar-refractivity contribution in [3.63, 3.8) is 0 Å². The molecule has 2 aromatic rings. The Kier molecular flexibility index (Phi) is 5.01. The summed E-state index contributed by atoms with van der Waals surface area (Å²) in [6, 6.07) is 4.02. The molecule has 1 saturated heterocycles. The molecule has 0 saturated carbocycles. The Morgan fingerprint density at radius 2 is 2.07 bits per heavy atom. The van der Waals surface area contributed by atoms with Crippen LogP contribution in [-0.4, -0.2) is 29.3 Å². The second kappa shape index (κ2) is 7.28. The number of halogens is 4. The van der Waals surface area contributed by atoms with Crippen LogP contribution in [-0.2, 0) is 27.7 Å². The fraction of sp³-hybridized carbons (Fsp3) is 0.316. The number of carbonyl (C=O) groups is 3. The molecule has 0 radical (unpaired) electrons. The van der Waals surface area contributed by atoms with E-state index in [9.17, 15) is 27.6 Å². The van der Waals surface area contributed by atoms with Crippen molar-refractivity contribution in [3.8, 4) is 0 Å². The molecule has 1 fully saturated rings. The summed E-state index contributed by atoms with van der Waals surface area (Å²) < 4.78 is 39.0. The number of alkyl halides is 3. The van der Waals surface area contributed by atoms with Crippen molar-refractivity contribution in [1.82, 2.24) is 10.2 Å². The molecular weight excluding hydrogens is 443 g/mol. The number of nitrogens with zero attached hydrogens (tertiary/aromatic N) is 1. The van der Waals surface area contributed by atoms with Gasteiger partial charge in [0.1, 0.15) is 12.1 Å². The first-order valence-corrected chi connectivity index (χ1v) is 10.2. The summed E-state index contributed by atoms with van der Waals surface area (Å²) >= 11 is 7.08. The molecule has 4 rings (SSSR count). The largest absolute Gasteiger partial charge is 0.417 e. The number of carbonyl (C=O) groups excluding carboxylic acids is 3. The van der Waals surface area contributed by atoms with Gasteiger partial charge in [-0.15, -0.1) is 11.3 Å². The van der Waals surface area contributed by atoms with Gasteiger partial charge in [-0.25, -0.2) is 4.79 Å². The molecule has 6 nitrogen and oxygen atoms in total. The van der Waals surface area contributed by atoms with E-state index in [1.807, 2.05) is 5.38 Å². The summed E-state index contributed by atoms with van der Waals surface area (Å²) in [7, 11) is 0. The molecule has 1 aliphatic heterocycles. The van der Waals surface area contributed by atoms with E-state index in [0.29, 0.717) is 18.9 Å². The van der Waals surface area contributed by atoms with Crippen molar-refractivity contribution in [1.29, 1.82) is 0 Å². The quantitative estimate of drug-likeness (QED) is 0.680. The number of hydrogen-bond donors (Lipinski definition) is 2. The average Bonchev–Trinajstić information content (AvgIpc) is 3.23. The summed E-state index contributed by atoms with van der Waals surface area (Å²) in [4.78, 5) is 39.7. The zero-order valence-corrected chi connectivity index (χ0v) is 16.9. The molecule has 1 aromatic carbocycles. The number of thiophene rings is 1. The molecule has 1 spiro atoms. The summed E-state index contributed by atoms with van der Waals surface area (Å²) in [5.74, 6) is -1.33. The molecule has 1 aliphatic carbocycles. The van der Waals surface area contributed by atoms with Crippen molar-refractivity contribution in [3.05, 3.63) is 50.7 Å². The molecule has 4 amide bonds. The average molecular weight is 458 g/mol. The van der Waals surface area contributed by atoms with Crippen LogP contribution < -0.4 is 10.6 Å². The van der Waals surface area contributed by atoms with Crippen molar-refractivity contribution in [2.45, 2.75) is 31.0 Å². The van der Waals surface area contributed by atoms with Gasteiger partial charge in [-0.2, -0.15) is 13.2 Å². The van der Waals surface area contributed by atoms with Crippen LogP contribution in [0.4, 0.5) is 23.7 Å². The molecule has 2 heterocycles. The lowest BCUT2D eigenvalue weighted by atomic mass is 9.80. The van der Waals surface area contributed by atoms with Gasteiger partial charge in [0.25, 0.3) is 5.91 Å². The first-order chi connectivity index (χ1) is 14.1. The van der Waals surface area contributed by atoms with Gasteiger partial charge >= 0.3 is 12.2 Å². The van der Waals surface area contributed by atoms with Gasteiger partial charge in [-0.3, -0.25) is 14.5 Å². The Morgan fingerprint density at radius 3 is 2.80 bits per heavy atom. The van der Waals surface area contributed by atoms with Crippen LogP contribution in [0, 0.1) is 0 Å². The Hall–Kier alpha value is -2.59. The van der Waals surface area contributed by atoms with E-state index in [0.717, 1.165) is 27.8 Å². The van der Waals surface area contributed by atoms with Crippen molar-refractivity contribution in [2.75, 3.05) is 11.9 Å². The Bertz CT molecular complexity index is 1060. The van der Waals surface area contributed by atoms with Gasteiger partial charge in [0.15, 0.2) is 0 Å². The third-order valence-corrected chi connectivity index (χ3v) is 6.50. The fourth-order valence-corrected chi connectivity index (χ4v) is 5.07. The van der Waals surface area contributed by atoms with Crippen LogP contribution in [0.15, 0.2) is 29.6 Å². The summed E-state index contributed by atoms with van der Waals surface area (Å²) in [5, 5.41) is 6.35. The highest BCUT2D eigenvalue weighted by Gasteiger charge is 2.54. The fourth-order valence-electron chi connectivity index (χ4n) is 3.85. The van der Waals surface area contributed by atoms with E-state index < -0.39 is 46.7 Å². The molecule has 2 aliphatic rings. The Morgan fingerprint density at radius 1 is 1.30 bits per heavy atom. The van der Waals surface area contributed by atoms with E-state index in [4.69, 9.17) is 11.6 Å². The van der Waals surface area contributed by atoms with E-state index in [2.05, 4.69) is 10.6 Å². The maximum absolute atomic E-state index is 13.1. The van der Waals surface area contributed by atoms with E-state index in [1.54, 1.807) is 6.07 Å². The molecule has 1 aromatic heterocycles. The first kappa shape index (κ1) is 20.7. The van der Waals surface area contributed by atoms with Gasteiger partial charge in [0.2, 0.25) is 5.91 Å². The topological polar surface area (TPSA) is 78.5 Å². The van der Waals surface area contributed by atoms with Gasteiger partial charge in [0.05, 0.1) is 10.6 Å². The maximum atomic E-state index is 13.1. The predicted molar refractivity (Wildman–Crippen MR) is 104 cm³/mol. The first-order valence-electron chi connectivity index (χ1n) is 8.99. The van der Waals surface area contributed by atoms with Crippen LogP contribution in [0.3, 0.4) is 0 Å². The number of rotatable bonds is 3. The van der Waals surface area contributed by atoms with Crippen LogP contribution in [0.5, 0.6) is 0 Å². The number of hydrogen-bond acceptors (Lipinski definition) is 4. The number of amides is 4. The monoisotopic (exact) mass is 457 g/mol. The van der Waals surface area contributed by atoms with Crippen molar-refractivity contribution < 1.29 is 27.6 Å². The molecule has 0 unspecified atom stereocenters. The second-order valence-electron chi connectivity index (χ2n) is 7.08. The molecule has 158 valence electrons. The van der Waals surface area contributed by atoms with Gasteiger partial charge < -0.3 is 10.6 Å². The minimum atomic E-state index is -4.69. The number of anilines is 1. The van der Waals surface area contributed by atoms with Crippen LogP contribution in [0.2, 0.25) is 5.02 Å². The second-order valence-corrected chi connectivity index (χ2v) is 8.49. The molecule has 2 N–H and O–H groups in total. The molecule has 1 atom stereocenters. The maximum Gasteiger partial charge on any atom is 0.417 e. The van der Waals surface area contributed by atoms with E-state index in [1.165, 1.54) is 17.4 Å². The lowest BCUT2D eigenvalue weighted by Crippen LogP contribution is -2.46. The van der Waals surface area contributed by atoms with Gasteiger partial charge in [0, 0.05) is 16.1 Å². The normalized spacial score (nSPS) is 21.0. The van der Waals surface area contributed by atoms with Gasteiger partial charge in [-0.05, 0) is 48.9 Å². The summed E-state index contributed by atoms with van der Waals surface area (Å²) in [6.07, 6.45) is -2.74. The van der Waals surface area contributed by atoms with E-state index >= 15 is 0 Å². The minimum Gasteiger partial charge on any atom is -0.325 e. The van der Waals surface area contributed by atoms with Gasteiger partial charge in [-0.1, -0.05) is 11.6 Å². The molecule has 0 bridgehead atoms. The Labute approximate surface area is 178 Å².